The Morgan fingerprint density at radius 3 is 2.54 bits per heavy atom. The van der Waals surface area contributed by atoms with Gasteiger partial charge in [0.1, 0.15) is 0 Å². The van der Waals surface area contributed by atoms with Gasteiger partial charge in [-0.15, -0.1) is 0 Å². The van der Waals surface area contributed by atoms with E-state index in [1.807, 2.05) is 5.32 Å². The van der Waals surface area contributed by atoms with Crippen LogP contribution in [-0.4, -0.2) is 30.7 Å². The van der Waals surface area contributed by atoms with Gasteiger partial charge in [-0.1, -0.05) is 0 Å². The van der Waals surface area contributed by atoms with Crippen molar-refractivity contribution in [1.29, 1.82) is 0 Å². The zero-order valence-electron chi connectivity index (χ0n) is 7.11. The van der Waals surface area contributed by atoms with Crippen LogP contribution in [0.25, 0.3) is 0 Å². The van der Waals surface area contributed by atoms with Crippen LogP contribution in [0, 0.1) is 0 Å². The molecule has 76 valence electrons. The predicted molar refractivity (Wildman–Crippen MR) is 40.1 cm³/mol. The van der Waals surface area contributed by atoms with E-state index in [0.717, 1.165) is 0 Å². The number of carbonyl (C=O) groups is 1. The van der Waals surface area contributed by atoms with Gasteiger partial charge in [-0.25, -0.2) is 0 Å². The minimum atomic E-state index is -4.78. The van der Waals surface area contributed by atoms with E-state index in [1.54, 1.807) is 6.92 Å². The van der Waals surface area contributed by atoms with E-state index in [2.05, 4.69) is 5.32 Å². The molecule has 2 N–H and O–H groups in total. The Morgan fingerprint density at radius 1 is 1.54 bits per heavy atom. The average Bonchev–Trinajstić information content (AvgIpc) is 2.34. The van der Waals surface area contributed by atoms with Gasteiger partial charge >= 0.3 is 12.1 Å². The maximum Gasteiger partial charge on any atom is 0.471 e. The first-order chi connectivity index (χ1) is 5.91. The molecule has 0 saturated carbocycles. The van der Waals surface area contributed by atoms with Gasteiger partial charge in [0.15, 0.2) is 0 Å². The van der Waals surface area contributed by atoms with Crippen molar-refractivity contribution in [2.45, 2.75) is 31.6 Å². The molecule has 0 aromatic rings. The second-order valence-electron chi connectivity index (χ2n) is 3.11. The van der Waals surface area contributed by atoms with E-state index in [-0.39, 0.29) is 6.04 Å². The van der Waals surface area contributed by atoms with Crippen LogP contribution in [0.5, 0.6) is 0 Å². The smallest absolute Gasteiger partial charge is 0.344 e. The van der Waals surface area contributed by atoms with Crippen LogP contribution in [-0.2, 0) is 4.79 Å². The summed E-state index contributed by atoms with van der Waals surface area (Å²) in [6, 6.07) is -0.500. The normalized spacial score (nSPS) is 28.9. The second kappa shape index (κ2) is 3.53. The fourth-order valence-corrected chi connectivity index (χ4v) is 1.31. The number of hydrogen-bond acceptors (Lipinski definition) is 2. The van der Waals surface area contributed by atoms with Crippen molar-refractivity contribution in [1.82, 2.24) is 10.6 Å². The average molecular weight is 196 g/mol. The third kappa shape index (κ3) is 2.58. The summed E-state index contributed by atoms with van der Waals surface area (Å²) in [5, 5.41) is 4.89. The molecule has 13 heavy (non-hydrogen) atoms. The van der Waals surface area contributed by atoms with Crippen LogP contribution in [0.1, 0.15) is 13.3 Å². The van der Waals surface area contributed by atoms with Crippen molar-refractivity contribution in [3.63, 3.8) is 0 Å². The van der Waals surface area contributed by atoms with Gasteiger partial charge in [0, 0.05) is 12.1 Å². The number of carbonyl (C=O) groups excluding carboxylic acids is 1. The van der Waals surface area contributed by atoms with E-state index < -0.39 is 18.1 Å². The quantitative estimate of drug-likeness (QED) is 0.638. The van der Waals surface area contributed by atoms with Crippen molar-refractivity contribution in [3.8, 4) is 0 Å². The Balaban J connectivity index is 2.45. The molecule has 6 heteroatoms. The molecule has 0 spiro atoms. The molecule has 1 fully saturated rings. The Hall–Kier alpha value is -0.780. The van der Waals surface area contributed by atoms with E-state index in [1.165, 1.54) is 0 Å². The number of hydrogen-bond donors (Lipinski definition) is 2. The first kappa shape index (κ1) is 10.3. The molecule has 0 bridgehead atoms. The third-order valence-corrected chi connectivity index (χ3v) is 2.10. The van der Waals surface area contributed by atoms with Gasteiger partial charge in [-0.2, -0.15) is 13.2 Å². The minimum Gasteiger partial charge on any atom is -0.344 e. The van der Waals surface area contributed by atoms with E-state index in [9.17, 15) is 18.0 Å². The molecule has 3 nitrogen and oxygen atoms in total. The number of rotatable bonds is 1. The van der Waals surface area contributed by atoms with Crippen LogP contribution in [0.2, 0.25) is 0 Å². The van der Waals surface area contributed by atoms with Crippen LogP contribution in [0.4, 0.5) is 13.2 Å². The summed E-state index contributed by atoms with van der Waals surface area (Å²) in [5.41, 5.74) is 0. The Morgan fingerprint density at radius 2 is 2.15 bits per heavy atom. The zero-order chi connectivity index (χ0) is 10.1. The van der Waals surface area contributed by atoms with Crippen molar-refractivity contribution < 1.29 is 18.0 Å². The second-order valence-corrected chi connectivity index (χ2v) is 3.11. The highest BCUT2D eigenvalue weighted by Gasteiger charge is 2.40. The fraction of sp³-hybridized carbons (Fsp3) is 0.857. The highest BCUT2D eigenvalue weighted by atomic mass is 19.4. The van der Waals surface area contributed by atoms with E-state index in [0.29, 0.717) is 13.0 Å². The molecular formula is C7H11F3N2O. The standard InChI is InChI=1S/C7H11F3N2O/c1-4-5(2-3-11-4)12-6(13)7(8,9)10/h4-5,11H,2-3H2,1H3,(H,12,13)/t4-,5-/m0/s1. The molecule has 0 aromatic carbocycles. The Kier molecular flexibility index (Phi) is 2.80. The lowest BCUT2D eigenvalue weighted by molar-refractivity contribution is -0.174. The summed E-state index contributed by atoms with van der Waals surface area (Å²) in [4.78, 5) is 10.5. The lowest BCUT2D eigenvalue weighted by atomic mass is 10.1. The molecule has 1 rings (SSSR count). The number of halogens is 3. The summed E-state index contributed by atoms with van der Waals surface area (Å²) < 4.78 is 35.4. The van der Waals surface area contributed by atoms with Crippen molar-refractivity contribution in [3.05, 3.63) is 0 Å². The lowest BCUT2D eigenvalue weighted by Crippen LogP contribution is -2.47. The molecule has 1 aliphatic rings. The molecule has 0 unspecified atom stereocenters. The SMILES string of the molecule is C[C@@H]1NCC[C@@H]1NC(=O)C(F)(F)F. The number of alkyl halides is 3. The van der Waals surface area contributed by atoms with Gasteiger partial charge in [-0.3, -0.25) is 4.79 Å². The largest absolute Gasteiger partial charge is 0.471 e. The van der Waals surface area contributed by atoms with Crippen LogP contribution >= 0.6 is 0 Å². The Labute approximate surface area is 73.7 Å². The summed E-state index contributed by atoms with van der Waals surface area (Å²) in [7, 11) is 0. The van der Waals surface area contributed by atoms with Crippen LogP contribution < -0.4 is 10.6 Å². The molecule has 0 aliphatic carbocycles. The zero-order valence-corrected chi connectivity index (χ0v) is 7.11. The summed E-state index contributed by atoms with van der Waals surface area (Å²) in [6.07, 6.45) is -4.23. The van der Waals surface area contributed by atoms with Crippen LogP contribution in [0.3, 0.4) is 0 Å². The van der Waals surface area contributed by atoms with Gasteiger partial charge in [0.25, 0.3) is 0 Å². The summed E-state index contributed by atoms with van der Waals surface area (Å²) in [5.74, 6) is -1.85. The van der Waals surface area contributed by atoms with E-state index in [4.69, 9.17) is 0 Å². The predicted octanol–water partition coefficient (Wildman–Crippen LogP) is 0.415. The minimum absolute atomic E-state index is 0.0914. The molecular weight excluding hydrogens is 185 g/mol. The van der Waals surface area contributed by atoms with Gasteiger partial charge in [0.2, 0.25) is 0 Å². The fourth-order valence-electron chi connectivity index (χ4n) is 1.31. The van der Waals surface area contributed by atoms with Crippen molar-refractivity contribution in [2.75, 3.05) is 6.54 Å². The van der Waals surface area contributed by atoms with Gasteiger partial charge in [0.05, 0.1) is 0 Å². The van der Waals surface area contributed by atoms with Crippen molar-refractivity contribution >= 4 is 5.91 Å². The maximum atomic E-state index is 11.8. The van der Waals surface area contributed by atoms with Gasteiger partial charge in [-0.05, 0) is 19.9 Å². The monoisotopic (exact) mass is 196 g/mol. The highest BCUT2D eigenvalue weighted by molar-refractivity contribution is 5.82. The third-order valence-electron chi connectivity index (χ3n) is 2.10. The number of amides is 1. The molecule has 2 atom stereocenters. The molecule has 1 amide bonds. The Bertz CT molecular complexity index is 204. The van der Waals surface area contributed by atoms with E-state index >= 15 is 0 Å². The summed E-state index contributed by atoms with van der Waals surface area (Å²) in [6.45, 7) is 2.39. The summed E-state index contributed by atoms with van der Waals surface area (Å²) >= 11 is 0. The lowest BCUT2D eigenvalue weighted by Gasteiger charge is -2.17. The number of nitrogens with one attached hydrogen (secondary N) is 2. The molecule has 1 aliphatic heterocycles. The van der Waals surface area contributed by atoms with Crippen molar-refractivity contribution in [2.24, 2.45) is 0 Å². The molecule has 0 aromatic heterocycles. The molecule has 1 heterocycles. The molecule has 0 radical (unpaired) electrons. The first-order valence-corrected chi connectivity index (χ1v) is 4.02. The maximum absolute atomic E-state index is 11.8. The molecule has 1 saturated heterocycles. The first-order valence-electron chi connectivity index (χ1n) is 4.02. The highest BCUT2D eigenvalue weighted by Crippen LogP contribution is 2.16. The van der Waals surface area contributed by atoms with Crippen LogP contribution in [0.15, 0.2) is 0 Å². The topological polar surface area (TPSA) is 41.1 Å². The van der Waals surface area contributed by atoms with Gasteiger partial charge < -0.3 is 10.6 Å².